The van der Waals surface area contributed by atoms with Crippen LogP contribution in [0.15, 0.2) is 51.6 Å². The zero-order chi connectivity index (χ0) is 47.1. The van der Waals surface area contributed by atoms with Crippen LogP contribution in [0.5, 0.6) is 0 Å². The Hall–Kier alpha value is -6.92. The molecule has 3 aliphatic rings. The first-order chi connectivity index (χ1) is 31.8. The van der Waals surface area contributed by atoms with E-state index in [0.29, 0.717) is 54.4 Å². The molecule has 9 rings (SSSR count). The number of piperazine rings is 3. The number of nitrogens with zero attached hydrogens (tertiary/aromatic N) is 12. The van der Waals surface area contributed by atoms with Gasteiger partial charge in [0.1, 0.15) is 16.9 Å². The van der Waals surface area contributed by atoms with E-state index in [0.717, 1.165) is 78.5 Å². The Labute approximate surface area is 392 Å². The van der Waals surface area contributed by atoms with Crippen LogP contribution in [-0.2, 0) is 36.7 Å². The van der Waals surface area contributed by atoms with Gasteiger partial charge >= 0.3 is 17.1 Å². The van der Waals surface area contributed by atoms with Crippen molar-refractivity contribution in [2.24, 2.45) is 0 Å². The Bertz CT molecular complexity index is 2660. The first kappa shape index (κ1) is 49.5. The van der Waals surface area contributed by atoms with Gasteiger partial charge in [-0.25, -0.2) is 15.0 Å². The van der Waals surface area contributed by atoms with Crippen LogP contribution in [0.3, 0.4) is 0 Å². The summed E-state index contributed by atoms with van der Waals surface area (Å²) in [6.07, 6.45) is 8.07. The molecule has 67 heavy (non-hydrogen) atoms. The molecule has 9 heterocycles. The standard InChI is InChI=1S/3C14H17N5O3.Fe/c3*1-2-18-8-10(13(21)22)11(20)9-7-16-14(17-12(9)18)19-5-3-15-4-6-19;/h3*7-8,15H,2-6H2,1H3,(H,21,22);/q;;;+3/p-3. The number of hydrogen-bond acceptors (Lipinski definition) is 21. The van der Waals surface area contributed by atoms with E-state index in [4.69, 9.17) is 0 Å². The van der Waals surface area contributed by atoms with E-state index in [2.05, 4.69) is 45.9 Å². The van der Waals surface area contributed by atoms with Crippen molar-refractivity contribution in [3.05, 3.63) is 84.5 Å². The SMILES string of the molecule is CCn1cc(C(=O)[O-])c(=O)c2cnc(N3CCNCC3)nc21.CCn1cc(C(=O)[O-])c(=O)c2cnc(N3CCNCC3)nc21.CCn1cc(C(=O)[O-])c(=O)c2cnc(N3CCNCC3)nc21.[Fe+3]. The van der Waals surface area contributed by atoms with Crippen molar-refractivity contribution in [1.29, 1.82) is 0 Å². The number of aromatic carboxylic acids is 3. The molecule has 3 N–H and O–H groups in total. The number of fused-ring (bicyclic) bond motifs is 3. The maximum absolute atomic E-state index is 12.2. The summed E-state index contributed by atoms with van der Waals surface area (Å²) in [7, 11) is 0. The van der Waals surface area contributed by atoms with E-state index < -0.39 is 34.2 Å². The number of aryl methyl sites for hydroxylation is 3. The van der Waals surface area contributed by atoms with Crippen LogP contribution in [0, 0.1) is 0 Å². The van der Waals surface area contributed by atoms with Gasteiger partial charge < -0.3 is 74.1 Å². The number of nitrogens with one attached hydrogen (secondary N) is 3. The minimum Gasteiger partial charge on any atom is -0.545 e. The predicted molar refractivity (Wildman–Crippen MR) is 237 cm³/mol. The second-order valence-corrected chi connectivity index (χ2v) is 15.3. The molecule has 0 aromatic carbocycles. The maximum Gasteiger partial charge on any atom is 3.00 e. The van der Waals surface area contributed by atoms with E-state index in [-0.39, 0.29) is 49.9 Å². The van der Waals surface area contributed by atoms with Gasteiger partial charge in [-0.1, -0.05) is 0 Å². The largest absolute Gasteiger partial charge is 3.00 e. The van der Waals surface area contributed by atoms with Crippen molar-refractivity contribution in [3.63, 3.8) is 0 Å². The van der Waals surface area contributed by atoms with Crippen LogP contribution in [0.4, 0.5) is 17.8 Å². The number of rotatable bonds is 9. The second kappa shape index (κ2) is 22.0. The number of carboxylic acids is 3. The molecule has 0 aliphatic carbocycles. The fourth-order valence-corrected chi connectivity index (χ4v) is 7.70. The predicted octanol–water partition coefficient (Wildman–Crippen LogP) is -4.25. The summed E-state index contributed by atoms with van der Waals surface area (Å²) in [5, 5.41) is 43.5. The minimum absolute atomic E-state index is 0. The third-order valence-corrected chi connectivity index (χ3v) is 11.3. The van der Waals surface area contributed by atoms with Gasteiger partial charge in [-0.2, -0.15) is 15.0 Å². The molecule has 0 saturated carbocycles. The van der Waals surface area contributed by atoms with E-state index in [1.165, 1.54) is 37.2 Å². The zero-order valence-electron chi connectivity index (χ0n) is 37.0. The molecule has 0 spiro atoms. The molecule has 1 radical (unpaired) electrons. The maximum atomic E-state index is 12.2. The number of carbonyl (C=O) groups excluding carboxylic acids is 3. The molecular weight excluding hydrogens is 914 g/mol. The molecule has 0 bridgehead atoms. The quantitative estimate of drug-likeness (QED) is 0.116. The van der Waals surface area contributed by atoms with E-state index >= 15 is 0 Å². The van der Waals surface area contributed by atoms with Crippen molar-refractivity contribution in [1.82, 2.24) is 59.6 Å². The third kappa shape index (κ3) is 10.7. The molecule has 3 saturated heterocycles. The van der Waals surface area contributed by atoms with E-state index in [9.17, 15) is 44.1 Å². The topological polar surface area (TPSA) is 310 Å². The summed E-state index contributed by atoms with van der Waals surface area (Å²) in [6, 6.07) is 0. The molecule has 0 amide bonds. The molecule has 6 aromatic heterocycles. The fraction of sp³-hybridized carbons (Fsp3) is 0.429. The van der Waals surface area contributed by atoms with E-state index in [1.807, 2.05) is 35.5 Å². The first-order valence-corrected chi connectivity index (χ1v) is 21.6. The number of anilines is 3. The van der Waals surface area contributed by atoms with Crippen molar-refractivity contribution in [2.75, 3.05) is 93.2 Å². The number of pyridine rings is 3. The summed E-state index contributed by atoms with van der Waals surface area (Å²) < 4.78 is 4.90. The van der Waals surface area contributed by atoms with Gasteiger partial charge in [0.15, 0.2) is 0 Å². The average molecular weight is 963 g/mol. The summed E-state index contributed by atoms with van der Waals surface area (Å²) in [4.78, 5) is 102. The molecule has 0 unspecified atom stereocenters. The van der Waals surface area contributed by atoms with Gasteiger partial charge in [-0.05, 0) is 20.8 Å². The summed E-state index contributed by atoms with van der Waals surface area (Å²) >= 11 is 0. The van der Waals surface area contributed by atoms with E-state index in [1.54, 1.807) is 13.7 Å². The van der Waals surface area contributed by atoms with Crippen molar-refractivity contribution in [2.45, 2.75) is 40.4 Å². The van der Waals surface area contributed by atoms with Crippen LogP contribution in [0.25, 0.3) is 33.1 Å². The Morgan fingerprint density at radius 3 is 0.925 bits per heavy atom. The summed E-state index contributed by atoms with van der Waals surface area (Å²) in [5.41, 5.74) is -1.58. The zero-order valence-corrected chi connectivity index (χ0v) is 38.1. The molecule has 353 valence electrons. The van der Waals surface area contributed by atoms with Crippen LogP contribution in [0.1, 0.15) is 51.8 Å². The van der Waals surface area contributed by atoms with Crippen molar-refractivity contribution >= 4 is 68.9 Å². The molecule has 3 fully saturated rings. The van der Waals surface area contributed by atoms with Crippen LogP contribution in [0.2, 0.25) is 0 Å². The number of carboxylic acid groups (broad SMARTS) is 3. The fourth-order valence-electron chi connectivity index (χ4n) is 7.70. The van der Waals surface area contributed by atoms with Crippen LogP contribution >= 0.6 is 0 Å². The Kier molecular flexibility index (Phi) is 16.3. The van der Waals surface area contributed by atoms with Gasteiger partial charge in [-0.3, -0.25) is 14.4 Å². The normalized spacial score (nSPS) is 15.0. The molecule has 24 nitrogen and oxygen atoms in total. The monoisotopic (exact) mass is 962 g/mol. The summed E-state index contributed by atoms with van der Waals surface area (Å²) in [5.74, 6) is -2.80. The smallest absolute Gasteiger partial charge is 0.545 e. The minimum atomic E-state index is -1.49. The third-order valence-electron chi connectivity index (χ3n) is 11.3. The Balaban J connectivity index is 0.000000165. The average Bonchev–Trinajstić information content (AvgIpc) is 3.35. The van der Waals surface area contributed by atoms with Gasteiger partial charge in [0.2, 0.25) is 34.1 Å². The second-order valence-electron chi connectivity index (χ2n) is 15.3. The number of hydrogen-bond donors (Lipinski definition) is 3. The van der Waals surface area contributed by atoms with Gasteiger partial charge in [0.05, 0.1) is 50.8 Å². The van der Waals surface area contributed by atoms with Crippen molar-refractivity contribution in [3.8, 4) is 0 Å². The van der Waals surface area contributed by atoms with Crippen LogP contribution in [-0.4, -0.2) is 140 Å². The summed E-state index contributed by atoms with van der Waals surface area (Å²) in [6.45, 7) is 16.9. The molecular formula is C42H48FeN15O9. The van der Waals surface area contributed by atoms with Gasteiger partial charge in [0, 0.05) is 135 Å². The Morgan fingerprint density at radius 2 is 0.716 bits per heavy atom. The molecule has 6 aromatic rings. The van der Waals surface area contributed by atoms with Gasteiger partial charge in [0.25, 0.3) is 0 Å². The van der Waals surface area contributed by atoms with Gasteiger partial charge in [-0.15, -0.1) is 0 Å². The number of aromatic nitrogens is 9. The number of carbonyl (C=O) groups is 3. The Morgan fingerprint density at radius 1 is 0.478 bits per heavy atom. The first-order valence-electron chi connectivity index (χ1n) is 21.6. The van der Waals surface area contributed by atoms with Crippen molar-refractivity contribution < 1.29 is 46.8 Å². The van der Waals surface area contributed by atoms with Crippen LogP contribution < -0.4 is 62.3 Å². The molecule has 3 aliphatic heterocycles. The molecule has 25 heteroatoms. The molecule has 0 atom stereocenters.